The van der Waals surface area contributed by atoms with Crippen LogP contribution in [0.25, 0.3) is 0 Å². The third-order valence-corrected chi connectivity index (χ3v) is 13.4. The lowest BCUT2D eigenvalue weighted by molar-refractivity contribution is -0.136. The van der Waals surface area contributed by atoms with Gasteiger partial charge in [-0.25, -0.2) is 0 Å². The topological polar surface area (TPSA) is 378 Å². The molecule has 0 saturated carbocycles. The number of hydrogen-bond acceptors (Lipinski definition) is 14. The van der Waals surface area contributed by atoms with Crippen molar-refractivity contribution in [2.75, 3.05) is 44.6 Å². The maximum Gasteiger partial charge on any atom is 0.244 e. The summed E-state index contributed by atoms with van der Waals surface area (Å²) in [5, 5.41) is 27.8. The highest BCUT2D eigenvalue weighted by atomic mass is 16.2. The molecule has 76 heavy (non-hydrogen) atoms. The molecule has 0 spiro atoms. The fourth-order valence-electron chi connectivity index (χ4n) is 9.18. The number of nitrogens with one attached hydrogen (secondary N) is 10. The molecule has 2 aliphatic rings. The van der Waals surface area contributed by atoms with Gasteiger partial charge in [0, 0.05) is 44.1 Å². The highest BCUT2D eigenvalue weighted by molar-refractivity contribution is 5.98. The maximum atomic E-state index is 14.5. The molecule has 23 heteroatoms. The molecule has 1 saturated heterocycles. The number of unbranched alkanes of at least 4 members (excludes halogenated alkanes) is 4. The first-order chi connectivity index (χ1) is 36.5. The highest BCUT2D eigenvalue weighted by Gasteiger charge is 2.36. The normalized spacial score (nSPS) is 23.8. The van der Waals surface area contributed by atoms with Crippen LogP contribution in [0.1, 0.15) is 115 Å². The summed E-state index contributed by atoms with van der Waals surface area (Å²) in [5.74, 6) is -6.94. The van der Waals surface area contributed by atoms with Gasteiger partial charge in [-0.2, -0.15) is 0 Å². The zero-order valence-corrected chi connectivity index (χ0v) is 44.4. The predicted molar refractivity (Wildman–Crippen MR) is 288 cm³/mol. The van der Waals surface area contributed by atoms with Crippen molar-refractivity contribution in [2.45, 2.75) is 158 Å². The minimum Gasteiger partial charge on any atom is -0.384 e. The molecule has 2 aliphatic heterocycles. The summed E-state index contributed by atoms with van der Waals surface area (Å²) in [6.07, 6.45) is 4.26. The molecule has 23 nitrogen and oxygen atoms in total. The van der Waals surface area contributed by atoms with Crippen molar-refractivity contribution < 1.29 is 43.2 Å². The van der Waals surface area contributed by atoms with Crippen molar-refractivity contribution in [1.29, 1.82) is 0 Å². The van der Waals surface area contributed by atoms with Crippen LogP contribution in [0.4, 0.5) is 5.69 Å². The zero-order chi connectivity index (χ0) is 55.6. The number of nitrogens with two attached hydrogens (primary N) is 4. The Balaban J connectivity index is 1.76. The molecule has 420 valence electrons. The van der Waals surface area contributed by atoms with Crippen LogP contribution in [0.5, 0.6) is 0 Å². The second-order valence-electron chi connectivity index (χ2n) is 20.0. The minimum absolute atomic E-state index is 0.0470. The number of carbonyl (C=O) groups is 9. The van der Waals surface area contributed by atoms with Gasteiger partial charge in [-0.15, -0.1) is 0 Å². The molecule has 9 amide bonds. The summed E-state index contributed by atoms with van der Waals surface area (Å²) >= 11 is 0. The number of anilines is 1. The van der Waals surface area contributed by atoms with E-state index in [1.54, 1.807) is 30.3 Å². The van der Waals surface area contributed by atoms with Crippen molar-refractivity contribution in [3.63, 3.8) is 0 Å². The Kier molecular flexibility index (Phi) is 26.6. The van der Waals surface area contributed by atoms with Gasteiger partial charge in [-0.05, 0) is 87.7 Å². The lowest BCUT2D eigenvalue weighted by Crippen LogP contribution is -2.61. The molecule has 0 radical (unpaired) electrons. The Morgan fingerprint density at radius 3 is 1.72 bits per heavy atom. The van der Waals surface area contributed by atoms with Crippen LogP contribution in [0.3, 0.4) is 0 Å². The number of hydrogen-bond donors (Lipinski definition) is 14. The van der Waals surface area contributed by atoms with Crippen LogP contribution in [-0.4, -0.2) is 141 Å². The van der Waals surface area contributed by atoms with Gasteiger partial charge >= 0.3 is 0 Å². The largest absolute Gasteiger partial charge is 0.384 e. The molecular formula is C53H84N14O9. The number of fused-ring (bicyclic) bond motifs is 1. The quantitative estimate of drug-likeness (QED) is 0.0606. The van der Waals surface area contributed by atoms with E-state index in [0.717, 1.165) is 36.9 Å². The van der Waals surface area contributed by atoms with Crippen LogP contribution in [0.2, 0.25) is 0 Å². The standard InChI is InChI=1S/C53H84N14O9/c1-4-5-6-7-11-18-45(68)60-44(30-57)53(76)64-40-22-26-58-46(69)43(29-34-31-59-36-17-13-12-16-35(34)36)67-49(72)39(21-25-56)61-47(70)37(19-23-54)63-51(74)41(27-32(2)3)65-52(75)42(28-33-14-9-8-10-15-33)66-48(71)38(20-24-55)62-50(40)73/h8-10,12-17,32,34,37-44,59H,4-7,11,18-31,54-57H2,1-3H3,(H,58,69)(H,60,68)(H,61,70)(H,62,73)(H,63,74)(H,64,76)(H,65,75)(H,66,71)(H,67,72)/t34?,37-,38-,39-,40-,41-,42+,43?,44+/m0/s1. The molecule has 2 aromatic rings. The van der Waals surface area contributed by atoms with Crippen molar-refractivity contribution >= 4 is 58.9 Å². The number of carbonyl (C=O) groups excluding carboxylic acids is 9. The van der Waals surface area contributed by atoms with E-state index in [-0.39, 0.29) is 95.9 Å². The van der Waals surface area contributed by atoms with Gasteiger partial charge in [-0.1, -0.05) is 95.0 Å². The van der Waals surface area contributed by atoms with Crippen molar-refractivity contribution in [2.24, 2.45) is 28.9 Å². The van der Waals surface area contributed by atoms with Gasteiger partial charge < -0.3 is 76.1 Å². The molecule has 0 aliphatic carbocycles. The third-order valence-electron chi connectivity index (χ3n) is 13.4. The van der Waals surface area contributed by atoms with E-state index in [4.69, 9.17) is 22.9 Å². The Labute approximate surface area is 446 Å². The molecule has 2 heterocycles. The third kappa shape index (κ3) is 20.1. The van der Waals surface area contributed by atoms with E-state index in [1.807, 2.05) is 38.1 Å². The Bertz CT molecular complexity index is 2240. The van der Waals surface area contributed by atoms with Crippen molar-refractivity contribution in [3.05, 3.63) is 65.7 Å². The molecule has 2 aromatic carbocycles. The molecule has 0 aromatic heterocycles. The summed E-state index contributed by atoms with van der Waals surface area (Å²) in [7, 11) is 0. The summed E-state index contributed by atoms with van der Waals surface area (Å²) in [5.41, 5.74) is 26.3. The molecular weight excluding hydrogens is 977 g/mol. The van der Waals surface area contributed by atoms with Crippen molar-refractivity contribution in [3.8, 4) is 0 Å². The van der Waals surface area contributed by atoms with E-state index < -0.39 is 101 Å². The smallest absolute Gasteiger partial charge is 0.244 e. The van der Waals surface area contributed by atoms with Gasteiger partial charge in [0.05, 0.1) is 0 Å². The number of benzene rings is 2. The molecule has 4 rings (SSSR count). The van der Waals surface area contributed by atoms with Crippen LogP contribution in [0.15, 0.2) is 54.6 Å². The number of amides is 9. The lowest BCUT2D eigenvalue weighted by atomic mass is 9.93. The first-order valence-electron chi connectivity index (χ1n) is 26.9. The second-order valence-corrected chi connectivity index (χ2v) is 20.0. The zero-order valence-electron chi connectivity index (χ0n) is 44.4. The van der Waals surface area contributed by atoms with Gasteiger partial charge in [0.2, 0.25) is 53.2 Å². The fourth-order valence-corrected chi connectivity index (χ4v) is 9.18. The van der Waals surface area contributed by atoms with Crippen LogP contribution < -0.4 is 76.1 Å². The SMILES string of the molecule is CCCCCCCC(=O)N[C@H](CN)C(=O)N[C@H]1CCNC(=O)C(CC2CNc3ccccc32)NC(=O)[C@H](CCN)NC(=O)[C@H](CCN)NC(=O)[C@H](CC(C)C)NC(=O)[C@@H](Cc2ccccc2)NC(=O)[C@H](CCN)NC1=O. The first kappa shape index (κ1) is 61.9. The number of para-hydroxylation sites is 1. The summed E-state index contributed by atoms with van der Waals surface area (Å²) in [4.78, 5) is 127. The van der Waals surface area contributed by atoms with Crippen LogP contribution in [0, 0.1) is 5.92 Å². The van der Waals surface area contributed by atoms with E-state index in [2.05, 4.69) is 60.1 Å². The first-order valence-corrected chi connectivity index (χ1v) is 26.9. The summed E-state index contributed by atoms with van der Waals surface area (Å²) in [6, 6.07) is 5.93. The summed E-state index contributed by atoms with van der Waals surface area (Å²) in [6.45, 7) is 5.41. The average Bonchev–Trinajstić information content (AvgIpc) is 3.80. The molecule has 0 bridgehead atoms. The molecule has 2 unspecified atom stereocenters. The van der Waals surface area contributed by atoms with Gasteiger partial charge in [-0.3, -0.25) is 43.2 Å². The number of rotatable bonds is 22. The second kappa shape index (κ2) is 32.7. The molecule has 9 atom stereocenters. The van der Waals surface area contributed by atoms with Gasteiger partial charge in [0.1, 0.15) is 48.3 Å². The monoisotopic (exact) mass is 1060 g/mol. The van der Waals surface area contributed by atoms with E-state index in [0.29, 0.717) is 18.5 Å². The van der Waals surface area contributed by atoms with E-state index in [1.165, 1.54) is 0 Å². The molecule has 18 N–H and O–H groups in total. The molecule has 1 fully saturated rings. The average molecular weight is 1060 g/mol. The van der Waals surface area contributed by atoms with E-state index >= 15 is 0 Å². The van der Waals surface area contributed by atoms with Crippen molar-refractivity contribution in [1.82, 2.24) is 47.9 Å². The lowest BCUT2D eigenvalue weighted by Gasteiger charge is -2.28. The highest BCUT2D eigenvalue weighted by Crippen LogP contribution is 2.34. The van der Waals surface area contributed by atoms with Crippen LogP contribution in [-0.2, 0) is 49.6 Å². The maximum absolute atomic E-state index is 14.5. The predicted octanol–water partition coefficient (Wildman–Crippen LogP) is -1.36. The van der Waals surface area contributed by atoms with Gasteiger partial charge in [0.25, 0.3) is 0 Å². The van der Waals surface area contributed by atoms with E-state index in [9.17, 15) is 43.2 Å². The minimum atomic E-state index is -1.45. The Morgan fingerprint density at radius 2 is 1.13 bits per heavy atom. The fraction of sp³-hybridized carbons (Fsp3) is 0.604. The Morgan fingerprint density at radius 1 is 0.605 bits per heavy atom. The summed E-state index contributed by atoms with van der Waals surface area (Å²) < 4.78 is 0. The van der Waals surface area contributed by atoms with Crippen LogP contribution >= 0.6 is 0 Å². The van der Waals surface area contributed by atoms with Gasteiger partial charge in [0.15, 0.2) is 0 Å². The Hall–Kier alpha value is -6.69.